The summed E-state index contributed by atoms with van der Waals surface area (Å²) in [6.07, 6.45) is 0.454. The first-order valence-corrected chi connectivity index (χ1v) is 10.3. The maximum Gasteiger partial charge on any atom is 0.275 e. The first kappa shape index (κ1) is 21.4. The van der Waals surface area contributed by atoms with E-state index >= 15 is 0 Å². The molecule has 0 fully saturated rings. The number of amides is 2. The minimum Gasteiger partial charge on any atom is -0.486 e. The van der Waals surface area contributed by atoms with Crippen LogP contribution in [0.2, 0.25) is 0 Å². The van der Waals surface area contributed by atoms with E-state index in [4.69, 9.17) is 4.74 Å². The van der Waals surface area contributed by atoms with Crippen molar-refractivity contribution in [1.82, 2.24) is 4.98 Å². The molecule has 2 amide bonds. The van der Waals surface area contributed by atoms with Crippen LogP contribution in [0.15, 0.2) is 53.9 Å². The zero-order chi connectivity index (χ0) is 21.5. The Bertz CT molecular complexity index is 1000. The van der Waals surface area contributed by atoms with Crippen molar-refractivity contribution in [3.8, 4) is 5.75 Å². The fourth-order valence-electron chi connectivity index (χ4n) is 2.57. The number of nitrogens with one attached hydrogen (secondary N) is 2. The van der Waals surface area contributed by atoms with E-state index < -0.39 is 0 Å². The van der Waals surface area contributed by atoms with Crippen molar-refractivity contribution >= 4 is 34.5 Å². The molecule has 0 atom stereocenters. The first-order chi connectivity index (χ1) is 14.4. The van der Waals surface area contributed by atoms with Crippen LogP contribution in [-0.2, 0) is 11.4 Å². The number of carbonyl (C=O) groups excluding carboxylic acids is 2. The van der Waals surface area contributed by atoms with Crippen LogP contribution >= 0.6 is 11.3 Å². The van der Waals surface area contributed by atoms with E-state index in [1.807, 2.05) is 13.8 Å². The fourth-order valence-corrected chi connectivity index (χ4v) is 3.26. The molecule has 1 aromatic heterocycles. The van der Waals surface area contributed by atoms with Crippen LogP contribution in [0.3, 0.4) is 0 Å². The van der Waals surface area contributed by atoms with Crippen molar-refractivity contribution in [2.24, 2.45) is 5.92 Å². The lowest BCUT2D eigenvalue weighted by Crippen LogP contribution is -2.14. The Kier molecular flexibility index (Phi) is 7.13. The van der Waals surface area contributed by atoms with Gasteiger partial charge in [0.25, 0.3) is 5.91 Å². The Morgan fingerprint density at radius 2 is 1.67 bits per heavy atom. The Hall–Kier alpha value is -3.26. The van der Waals surface area contributed by atoms with Gasteiger partial charge in [0.1, 0.15) is 28.9 Å². The Balaban J connectivity index is 1.52. The number of carbonyl (C=O) groups is 2. The van der Waals surface area contributed by atoms with E-state index in [9.17, 15) is 14.0 Å². The van der Waals surface area contributed by atoms with E-state index in [-0.39, 0.29) is 35.9 Å². The number of thiazole rings is 1. The van der Waals surface area contributed by atoms with E-state index in [0.717, 1.165) is 0 Å². The zero-order valence-corrected chi connectivity index (χ0v) is 17.5. The maximum absolute atomic E-state index is 12.9. The lowest BCUT2D eigenvalue weighted by molar-refractivity contribution is -0.116. The number of rotatable bonds is 8. The number of hydrogen-bond acceptors (Lipinski definition) is 5. The molecule has 0 aliphatic rings. The van der Waals surface area contributed by atoms with Crippen LogP contribution in [0.1, 0.15) is 35.8 Å². The summed E-state index contributed by atoms with van der Waals surface area (Å²) in [5.74, 6) is 0.0999. The molecule has 3 aromatic rings. The second kappa shape index (κ2) is 9.98. The molecule has 2 aromatic carbocycles. The van der Waals surface area contributed by atoms with Crippen molar-refractivity contribution in [3.63, 3.8) is 0 Å². The third-order valence-corrected chi connectivity index (χ3v) is 4.80. The molecule has 0 radical (unpaired) electrons. The van der Waals surface area contributed by atoms with Crippen molar-refractivity contribution in [3.05, 3.63) is 70.4 Å². The van der Waals surface area contributed by atoms with Gasteiger partial charge in [-0.2, -0.15) is 0 Å². The third-order valence-electron chi connectivity index (χ3n) is 3.98. The van der Waals surface area contributed by atoms with E-state index in [1.54, 1.807) is 29.6 Å². The van der Waals surface area contributed by atoms with Crippen LogP contribution in [-0.4, -0.2) is 16.8 Å². The first-order valence-electron chi connectivity index (χ1n) is 9.43. The van der Waals surface area contributed by atoms with Crippen molar-refractivity contribution in [2.45, 2.75) is 26.9 Å². The molecule has 6 nitrogen and oxygen atoms in total. The molecular weight excluding hydrogens is 405 g/mol. The average molecular weight is 428 g/mol. The van der Waals surface area contributed by atoms with Crippen LogP contribution in [0, 0.1) is 11.7 Å². The van der Waals surface area contributed by atoms with Gasteiger partial charge in [0.15, 0.2) is 0 Å². The van der Waals surface area contributed by atoms with Crippen molar-refractivity contribution < 1.29 is 18.7 Å². The highest BCUT2D eigenvalue weighted by Gasteiger charge is 2.12. The molecule has 3 rings (SSSR count). The molecule has 30 heavy (non-hydrogen) atoms. The SMILES string of the molecule is CC(C)CC(=O)Nc1ccc(NC(=O)c2csc(COc3ccc(F)cc3)n2)cc1. The van der Waals surface area contributed by atoms with Gasteiger partial charge in [-0.25, -0.2) is 9.37 Å². The van der Waals surface area contributed by atoms with E-state index in [2.05, 4.69) is 15.6 Å². The molecule has 2 N–H and O–H groups in total. The van der Waals surface area contributed by atoms with Gasteiger partial charge in [0.2, 0.25) is 5.91 Å². The number of aromatic nitrogens is 1. The summed E-state index contributed by atoms with van der Waals surface area (Å²) < 4.78 is 18.5. The quantitative estimate of drug-likeness (QED) is 0.524. The molecule has 8 heteroatoms. The second-order valence-corrected chi connectivity index (χ2v) is 7.99. The molecule has 156 valence electrons. The van der Waals surface area contributed by atoms with Crippen LogP contribution < -0.4 is 15.4 Å². The minimum absolute atomic E-state index is 0.0420. The van der Waals surface area contributed by atoms with Gasteiger partial charge in [0.05, 0.1) is 0 Å². The topological polar surface area (TPSA) is 80.3 Å². The summed E-state index contributed by atoms with van der Waals surface area (Å²) in [4.78, 5) is 28.5. The number of anilines is 2. The number of ether oxygens (including phenoxy) is 1. The Labute approximate surface area is 178 Å². The molecule has 0 spiro atoms. The normalized spacial score (nSPS) is 10.7. The van der Waals surface area contributed by atoms with Crippen molar-refractivity contribution in [2.75, 3.05) is 10.6 Å². The van der Waals surface area contributed by atoms with E-state index in [0.29, 0.717) is 28.6 Å². The largest absolute Gasteiger partial charge is 0.486 e. The number of halogens is 1. The van der Waals surface area contributed by atoms with Crippen LogP contribution in [0.4, 0.5) is 15.8 Å². The summed E-state index contributed by atoms with van der Waals surface area (Å²) in [6, 6.07) is 12.6. The lowest BCUT2D eigenvalue weighted by atomic mass is 10.1. The lowest BCUT2D eigenvalue weighted by Gasteiger charge is -2.08. The molecule has 0 saturated heterocycles. The minimum atomic E-state index is -0.337. The number of benzene rings is 2. The fraction of sp³-hybridized carbons (Fsp3) is 0.227. The van der Waals surface area contributed by atoms with Crippen LogP contribution in [0.25, 0.3) is 0 Å². The smallest absolute Gasteiger partial charge is 0.275 e. The molecule has 0 bridgehead atoms. The molecule has 0 unspecified atom stereocenters. The standard InChI is InChI=1S/C22H22FN3O3S/c1-14(2)11-20(27)24-16-5-7-17(8-6-16)25-22(28)19-13-30-21(26-19)12-29-18-9-3-15(23)4-10-18/h3-10,13-14H,11-12H2,1-2H3,(H,24,27)(H,25,28). The number of hydrogen-bond donors (Lipinski definition) is 2. The highest BCUT2D eigenvalue weighted by Crippen LogP contribution is 2.18. The molecule has 1 heterocycles. The molecular formula is C22H22FN3O3S. The highest BCUT2D eigenvalue weighted by molar-refractivity contribution is 7.09. The molecule has 0 aliphatic heterocycles. The van der Waals surface area contributed by atoms with Gasteiger partial charge < -0.3 is 15.4 Å². The van der Waals surface area contributed by atoms with E-state index in [1.165, 1.54) is 35.6 Å². The van der Waals surface area contributed by atoms with Gasteiger partial charge >= 0.3 is 0 Å². The monoisotopic (exact) mass is 427 g/mol. The average Bonchev–Trinajstić information content (AvgIpc) is 3.18. The van der Waals surface area contributed by atoms with Gasteiger partial charge in [-0.05, 0) is 54.4 Å². The van der Waals surface area contributed by atoms with Gasteiger partial charge in [-0.1, -0.05) is 13.8 Å². The van der Waals surface area contributed by atoms with Crippen LogP contribution in [0.5, 0.6) is 5.75 Å². The Morgan fingerprint density at radius 3 is 2.30 bits per heavy atom. The predicted molar refractivity (Wildman–Crippen MR) is 115 cm³/mol. The predicted octanol–water partition coefficient (Wildman–Crippen LogP) is 5.10. The summed E-state index contributed by atoms with van der Waals surface area (Å²) in [5, 5.41) is 7.88. The second-order valence-electron chi connectivity index (χ2n) is 7.05. The highest BCUT2D eigenvalue weighted by atomic mass is 32.1. The summed E-state index contributed by atoms with van der Waals surface area (Å²) in [6.45, 7) is 4.16. The summed E-state index contributed by atoms with van der Waals surface area (Å²) >= 11 is 1.31. The maximum atomic E-state index is 12.9. The van der Waals surface area contributed by atoms with Gasteiger partial charge in [0, 0.05) is 23.2 Å². The molecule has 0 saturated carbocycles. The summed E-state index contributed by atoms with van der Waals surface area (Å²) in [7, 11) is 0. The third kappa shape index (κ3) is 6.38. The van der Waals surface area contributed by atoms with Gasteiger partial charge in [-0.15, -0.1) is 11.3 Å². The number of nitrogens with zero attached hydrogens (tertiary/aromatic N) is 1. The zero-order valence-electron chi connectivity index (χ0n) is 16.6. The Morgan fingerprint density at radius 1 is 1.03 bits per heavy atom. The van der Waals surface area contributed by atoms with Gasteiger partial charge in [-0.3, -0.25) is 9.59 Å². The molecule has 0 aliphatic carbocycles. The summed E-state index contributed by atoms with van der Waals surface area (Å²) in [5.41, 5.74) is 1.55. The van der Waals surface area contributed by atoms with Crippen molar-refractivity contribution in [1.29, 1.82) is 0 Å².